The number of anilines is 8. The molecule has 0 bridgehead atoms. The van der Waals surface area contributed by atoms with Gasteiger partial charge >= 0.3 is 6.09 Å². The van der Waals surface area contributed by atoms with E-state index >= 15 is 0 Å². The highest BCUT2D eigenvalue weighted by Gasteiger charge is 2.31. The van der Waals surface area contributed by atoms with Gasteiger partial charge in [-0.1, -0.05) is 72.3 Å². The maximum absolute atomic E-state index is 13.6. The van der Waals surface area contributed by atoms with Crippen molar-refractivity contribution < 1.29 is 89.8 Å². The first kappa shape index (κ1) is 94.0. The topological polar surface area (TPSA) is 277 Å². The van der Waals surface area contributed by atoms with E-state index in [-0.39, 0.29) is 135 Å². The van der Waals surface area contributed by atoms with Gasteiger partial charge in [0.05, 0.1) is 88.6 Å². The van der Waals surface area contributed by atoms with Gasteiger partial charge in [0.2, 0.25) is 29.5 Å². The Morgan fingerprint density at radius 2 is 0.672 bits per heavy atom. The van der Waals surface area contributed by atoms with E-state index in [4.69, 9.17) is 40.8 Å². The summed E-state index contributed by atoms with van der Waals surface area (Å²) >= 11 is 19.6. The van der Waals surface area contributed by atoms with Crippen molar-refractivity contribution >= 4 is 143 Å². The molecule has 11 aromatic rings. The fraction of sp³-hybridized carbons (Fsp3) is 0.229. The number of halogens is 9. The molecule has 0 fully saturated rings. The second kappa shape index (κ2) is 43.9. The van der Waals surface area contributed by atoms with Crippen molar-refractivity contribution in [1.82, 2.24) is 5.32 Å². The monoisotopic (exact) mass is 1870 g/mol. The number of amides is 6. The number of alkyl carbamates (subject to hydrolysis) is 1. The number of nitrogens with zero attached hydrogens (tertiary/aromatic N) is 5. The van der Waals surface area contributed by atoms with Crippen molar-refractivity contribution in [2.45, 2.75) is 136 Å². The Hall–Kier alpha value is -13.1. The predicted octanol–water partition coefficient (Wildman–Crippen LogP) is 20.9. The second-order valence-corrected chi connectivity index (χ2v) is 32.6. The zero-order chi connectivity index (χ0) is 91.4. The van der Waals surface area contributed by atoms with Crippen LogP contribution in [0, 0.1) is 40.7 Å². The maximum atomic E-state index is 13.6. The Kier molecular flexibility index (Phi) is 32.2. The highest BCUT2D eigenvalue weighted by Crippen LogP contribution is 2.43. The van der Waals surface area contributed by atoms with Gasteiger partial charge in [0.25, 0.3) is 0 Å². The van der Waals surface area contributed by atoms with E-state index < -0.39 is 17.7 Å². The zero-order valence-electron chi connectivity index (χ0n) is 69.0. The van der Waals surface area contributed by atoms with E-state index in [0.717, 1.165) is 53.5 Å². The average molecular weight is 1870 g/mol. The molecule has 5 aliphatic rings. The highest BCUT2D eigenvalue weighted by molar-refractivity contribution is 9.10. The van der Waals surface area contributed by atoms with Gasteiger partial charge in [0.15, 0.2) is 21.8 Å². The number of hydrogen-bond acceptors (Lipinski definition) is 14. The molecule has 32 heteroatoms. The Balaban J connectivity index is 0.000000147. The molecule has 6 amide bonds. The van der Waals surface area contributed by atoms with Crippen molar-refractivity contribution in [3.8, 4) is 28.7 Å². The van der Waals surface area contributed by atoms with Gasteiger partial charge in [-0.25, -0.2) is 35.5 Å². The SMILES string of the molecule is CCOC(=O)NC(=S)Nc1cc2c(cc1O)N(Cc1cccc(F)c1)C(=O)CCC2.O=C1CCCc2cc(Br)c(O)cc2N1Cc1cccc(F)c1.O=C1CCCc2cc(Cl)c(O)cc2N1Cc1cccc(F)c1.O=C1CCCc2cc(F)c(O)cc2N1Cc1cccc(F)c1.O=C1CCCc2cc(NC(=S)Nc3ccc(F)cc3)c(O)cc2N1Cc1cccc(F)c1. The summed E-state index contributed by atoms with van der Waals surface area (Å²) in [5, 5.41) is 62.0. The summed E-state index contributed by atoms with van der Waals surface area (Å²) in [7, 11) is 0. The fourth-order valence-electron chi connectivity index (χ4n) is 15.2. The molecule has 0 atom stereocenters. The number of benzene rings is 11. The standard InChI is InChI=1S/C24H21F2N3O2S.C21H22FN3O4S.C17H15BrFNO2.C17H15ClFNO2.C17H15F2NO2/c25-17-7-9-19(10-8-17)27-24(32)28-20-12-16-4-2-6-23(31)29(21(16)13-22(20)30)14-15-3-1-5-18(26)11-15;1-2-29-21(28)24-20(30)23-16-10-14-6-4-8-19(27)25(17(14)11-18(16)26)12-13-5-3-7-15(22)9-13;2*18-14-8-12-4-2-6-17(22)20(15(12)9-16(14)21)10-11-3-1-5-13(19)7-11;18-13-5-1-3-11(7-13)10-20-15-9-16(21)14(19)8-12(15)4-2-6-17(20)22/h1,3,5,7-13,30H,2,4,6,14H2,(H2,27,28,32);3,5,7,9-11,26H,2,4,6,8,12H2,1H3,(H2,23,24,28,30);3*1,3,5,7-9,21H,2,4,6,10H2. The Morgan fingerprint density at radius 1 is 0.367 bits per heavy atom. The van der Waals surface area contributed by atoms with Crippen LogP contribution >= 0.6 is 52.0 Å². The van der Waals surface area contributed by atoms with Crippen molar-refractivity contribution in [3.63, 3.8) is 0 Å². The largest absolute Gasteiger partial charge is 0.507 e. The average Bonchev–Trinajstić information content (AvgIpc) is 1.50. The van der Waals surface area contributed by atoms with Gasteiger partial charge in [0, 0.05) is 68.1 Å². The van der Waals surface area contributed by atoms with Crippen LogP contribution in [0.25, 0.3) is 0 Å². The highest BCUT2D eigenvalue weighted by atomic mass is 79.9. The van der Waals surface area contributed by atoms with Crippen LogP contribution in [0.2, 0.25) is 5.02 Å². The molecular weight excluding hydrogens is 1780 g/mol. The first-order chi connectivity index (χ1) is 61.4. The molecule has 0 saturated heterocycles. The summed E-state index contributed by atoms with van der Waals surface area (Å²) in [6.07, 6.45) is 7.96. The van der Waals surface area contributed by atoms with E-state index in [9.17, 15) is 85.0 Å². The van der Waals surface area contributed by atoms with Crippen molar-refractivity contribution in [3.05, 3.63) is 312 Å². The van der Waals surface area contributed by atoms with Gasteiger partial charge in [-0.05, 0) is 282 Å². The van der Waals surface area contributed by atoms with Crippen LogP contribution in [0.1, 0.15) is 127 Å². The second-order valence-electron chi connectivity index (χ2n) is 30.5. The van der Waals surface area contributed by atoms with Crippen LogP contribution in [0.5, 0.6) is 28.7 Å². The van der Waals surface area contributed by atoms with Crippen molar-refractivity contribution in [2.75, 3.05) is 47.1 Å². The third kappa shape index (κ3) is 25.4. The number of carbonyl (C=O) groups is 6. The summed E-state index contributed by atoms with van der Waals surface area (Å²) < 4.78 is 99.2. The molecule has 0 spiro atoms. The normalized spacial score (nSPS) is 14.0. The lowest BCUT2D eigenvalue weighted by atomic mass is 10.1. The summed E-state index contributed by atoms with van der Waals surface area (Å²) in [6, 6.07) is 52.0. The van der Waals surface area contributed by atoms with Crippen LogP contribution in [-0.4, -0.2) is 78.0 Å². The lowest BCUT2D eigenvalue weighted by Crippen LogP contribution is -2.34. The van der Waals surface area contributed by atoms with E-state index in [1.165, 1.54) is 108 Å². The summed E-state index contributed by atoms with van der Waals surface area (Å²) in [5.74, 6) is -3.83. The number of rotatable bonds is 14. The number of fused-ring (bicyclic) bond motifs is 5. The molecule has 0 aromatic heterocycles. The van der Waals surface area contributed by atoms with E-state index in [2.05, 4.69) is 37.2 Å². The number of aromatic hydroxyl groups is 5. The molecule has 16 rings (SSSR count). The third-order valence-electron chi connectivity index (χ3n) is 21.2. The zero-order valence-corrected chi connectivity index (χ0v) is 73.0. The molecule has 5 heterocycles. The van der Waals surface area contributed by atoms with Gasteiger partial charge in [-0.2, -0.15) is 0 Å². The van der Waals surface area contributed by atoms with E-state index in [0.29, 0.717) is 155 Å². The maximum Gasteiger partial charge on any atom is 0.413 e. The number of phenolic OH excluding ortho intramolecular Hbond substituents is 5. The molecule has 0 aliphatic carbocycles. The van der Waals surface area contributed by atoms with Crippen molar-refractivity contribution in [1.29, 1.82) is 0 Å². The molecule has 11 aromatic carbocycles. The molecule has 0 radical (unpaired) electrons. The first-order valence-corrected chi connectivity index (χ1v) is 43.0. The molecule has 9 N–H and O–H groups in total. The summed E-state index contributed by atoms with van der Waals surface area (Å²) in [5.41, 5.74) is 12.0. The Labute approximate surface area is 757 Å². The van der Waals surface area contributed by atoms with Gasteiger partial charge in [-0.3, -0.25) is 29.3 Å². The first-order valence-electron chi connectivity index (χ1n) is 41.0. The lowest BCUT2D eigenvalue weighted by molar-refractivity contribution is -0.119. The number of hydrogen-bond donors (Lipinski definition) is 9. The van der Waals surface area contributed by atoms with E-state index in [1.807, 2.05) is 6.07 Å². The Bertz CT molecular complexity index is 5710. The number of nitrogens with one attached hydrogen (secondary N) is 4. The molecule has 21 nitrogen and oxygen atoms in total. The minimum atomic E-state index is -0.698. The van der Waals surface area contributed by atoms with Gasteiger partial charge in [-0.15, -0.1) is 0 Å². The summed E-state index contributed by atoms with van der Waals surface area (Å²) in [6.45, 7) is 3.03. The predicted molar refractivity (Wildman–Crippen MR) is 488 cm³/mol. The smallest absolute Gasteiger partial charge is 0.413 e. The fourth-order valence-corrected chi connectivity index (χ4v) is 16.2. The van der Waals surface area contributed by atoms with Crippen molar-refractivity contribution in [2.24, 2.45) is 0 Å². The number of thiocarbonyl (C=S) groups is 2. The lowest BCUT2D eigenvalue weighted by Gasteiger charge is -2.24. The number of phenols is 5. The van der Waals surface area contributed by atoms with Gasteiger partial charge < -0.3 is 70.7 Å². The molecular formula is C96H88BrClF7N9O12S2. The molecule has 664 valence electrons. The number of carbonyl (C=O) groups excluding carboxylic acids is 6. The number of ether oxygens (including phenoxy) is 1. The Morgan fingerprint density at radius 3 is 1.02 bits per heavy atom. The minimum Gasteiger partial charge on any atom is -0.507 e. The molecule has 128 heavy (non-hydrogen) atoms. The van der Waals surface area contributed by atoms with Crippen LogP contribution in [0.15, 0.2) is 211 Å². The third-order valence-corrected chi connectivity index (χ3v) is 22.6. The quantitative estimate of drug-likeness (QED) is 0.0278. The van der Waals surface area contributed by atoms with E-state index in [1.54, 1.807) is 124 Å². The molecule has 0 saturated carbocycles. The summed E-state index contributed by atoms with van der Waals surface area (Å²) in [4.78, 5) is 81.8. The molecule has 0 unspecified atom stereocenters. The van der Waals surface area contributed by atoms with Crippen LogP contribution in [0.4, 0.5) is 81.0 Å². The molecule has 5 aliphatic heterocycles. The number of aryl methyl sites for hydroxylation is 5. The van der Waals surface area contributed by atoms with Crippen LogP contribution in [-0.2, 0) is 93.5 Å². The van der Waals surface area contributed by atoms with Crippen LogP contribution < -0.4 is 45.8 Å². The van der Waals surface area contributed by atoms with Crippen LogP contribution in [0.3, 0.4) is 0 Å². The minimum absolute atomic E-state index is 0.00951. The van der Waals surface area contributed by atoms with Gasteiger partial charge in [0.1, 0.15) is 57.9 Å².